The van der Waals surface area contributed by atoms with E-state index in [4.69, 9.17) is 0 Å². The van der Waals surface area contributed by atoms with E-state index in [1.807, 2.05) is 0 Å². The van der Waals surface area contributed by atoms with Gasteiger partial charge in [-0.2, -0.15) is 0 Å². The van der Waals surface area contributed by atoms with Crippen LogP contribution in [0.5, 0.6) is 0 Å². The highest BCUT2D eigenvalue weighted by Crippen LogP contribution is 2.29. The van der Waals surface area contributed by atoms with Crippen molar-refractivity contribution in [1.29, 1.82) is 0 Å². The highest BCUT2D eigenvalue weighted by Gasteiger charge is 2.12. The highest BCUT2D eigenvalue weighted by molar-refractivity contribution is 7.14. The molecule has 0 aliphatic rings. The van der Waals surface area contributed by atoms with Crippen LogP contribution >= 0.6 is 11.3 Å². The first kappa shape index (κ1) is 12.2. The molecule has 0 saturated heterocycles. The molecule has 1 N–H and O–H groups in total. The number of anilines is 1. The molecule has 0 amide bonds. The summed E-state index contributed by atoms with van der Waals surface area (Å²) in [5.41, 5.74) is 4.94. The Hall–Kier alpha value is -1.29. The standard InChI is InChI=1S/C13H19N3S/c1-5-14-13-15-12(8-17-13)11-7-9(3)16(6-2)10(11)4/h7-8H,5-6H2,1-4H3,(H,14,15). The number of hydrogen-bond acceptors (Lipinski definition) is 3. The molecule has 0 radical (unpaired) electrons. The first-order valence-electron chi connectivity index (χ1n) is 6.03. The van der Waals surface area contributed by atoms with E-state index in [9.17, 15) is 0 Å². The van der Waals surface area contributed by atoms with Gasteiger partial charge in [0.15, 0.2) is 5.13 Å². The zero-order valence-corrected chi connectivity index (χ0v) is 11.7. The lowest BCUT2D eigenvalue weighted by molar-refractivity contribution is 0.719. The Morgan fingerprint density at radius 3 is 2.71 bits per heavy atom. The molecule has 17 heavy (non-hydrogen) atoms. The van der Waals surface area contributed by atoms with Crippen LogP contribution in [0.15, 0.2) is 11.4 Å². The molecule has 92 valence electrons. The van der Waals surface area contributed by atoms with E-state index >= 15 is 0 Å². The second-order valence-corrected chi connectivity index (χ2v) is 4.96. The fourth-order valence-corrected chi connectivity index (χ4v) is 2.96. The Morgan fingerprint density at radius 2 is 2.12 bits per heavy atom. The van der Waals surface area contributed by atoms with Crippen LogP contribution in [0.25, 0.3) is 11.3 Å². The fraction of sp³-hybridized carbons (Fsp3) is 0.462. The predicted octanol–water partition coefficient (Wildman–Crippen LogP) is 3.68. The van der Waals surface area contributed by atoms with E-state index < -0.39 is 0 Å². The number of aromatic nitrogens is 2. The van der Waals surface area contributed by atoms with Crippen LogP contribution in [0.1, 0.15) is 25.2 Å². The number of rotatable bonds is 4. The smallest absolute Gasteiger partial charge is 0.183 e. The van der Waals surface area contributed by atoms with Gasteiger partial charge in [0.25, 0.3) is 0 Å². The van der Waals surface area contributed by atoms with Crippen molar-refractivity contribution in [2.45, 2.75) is 34.2 Å². The van der Waals surface area contributed by atoms with E-state index in [0.29, 0.717) is 0 Å². The van der Waals surface area contributed by atoms with Gasteiger partial charge < -0.3 is 9.88 Å². The van der Waals surface area contributed by atoms with Crippen LogP contribution in [0, 0.1) is 13.8 Å². The summed E-state index contributed by atoms with van der Waals surface area (Å²) >= 11 is 1.67. The summed E-state index contributed by atoms with van der Waals surface area (Å²) in [6.45, 7) is 10.5. The summed E-state index contributed by atoms with van der Waals surface area (Å²) in [5, 5.41) is 6.38. The van der Waals surface area contributed by atoms with Crippen LogP contribution in [0.4, 0.5) is 5.13 Å². The Balaban J connectivity index is 2.38. The lowest BCUT2D eigenvalue weighted by Gasteiger charge is -2.04. The summed E-state index contributed by atoms with van der Waals surface area (Å²) in [7, 11) is 0. The average Bonchev–Trinajstić information content (AvgIpc) is 2.85. The number of aryl methyl sites for hydroxylation is 1. The van der Waals surface area contributed by atoms with Gasteiger partial charge in [0, 0.05) is 35.4 Å². The van der Waals surface area contributed by atoms with Gasteiger partial charge in [0.2, 0.25) is 0 Å². The second-order valence-electron chi connectivity index (χ2n) is 4.10. The van der Waals surface area contributed by atoms with Crippen LogP contribution in [-0.2, 0) is 6.54 Å². The molecule has 0 bridgehead atoms. The Kier molecular flexibility index (Phi) is 3.52. The third-order valence-corrected chi connectivity index (χ3v) is 3.80. The topological polar surface area (TPSA) is 29.9 Å². The van der Waals surface area contributed by atoms with E-state index in [2.05, 4.69) is 54.0 Å². The van der Waals surface area contributed by atoms with E-state index in [-0.39, 0.29) is 0 Å². The molecule has 3 nitrogen and oxygen atoms in total. The minimum Gasteiger partial charge on any atom is -0.362 e. The normalized spacial score (nSPS) is 10.8. The second kappa shape index (κ2) is 4.92. The lowest BCUT2D eigenvalue weighted by Crippen LogP contribution is -1.98. The average molecular weight is 249 g/mol. The molecule has 2 aromatic rings. The van der Waals surface area contributed by atoms with Gasteiger partial charge in [-0.1, -0.05) is 0 Å². The van der Waals surface area contributed by atoms with Crippen LogP contribution in [0.3, 0.4) is 0 Å². The third kappa shape index (κ3) is 2.22. The maximum atomic E-state index is 4.61. The van der Waals surface area contributed by atoms with Crippen molar-refractivity contribution in [1.82, 2.24) is 9.55 Å². The zero-order chi connectivity index (χ0) is 12.4. The molecule has 2 heterocycles. The largest absolute Gasteiger partial charge is 0.362 e. The Labute approximate surface area is 107 Å². The van der Waals surface area contributed by atoms with Crippen LogP contribution < -0.4 is 5.32 Å². The summed E-state index contributed by atoms with van der Waals surface area (Å²) in [6, 6.07) is 2.23. The van der Waals surface area contributed by atoms with Crippen molar-refractivity contribution < 1.29 is 0 Å². The van der Waals surface area contributed by atoms with Gasteiger partial charge in [0.1, 0.15) is 0 Å². The summed E-state index contributed by atoms with van der Waals surface area (Å²) < 4.78 is 2.32. The molecule has 0 unspecified atom stereocenters. The van der Waals surface area contributed by atoms with Crippen LogP contribution in [0.2, 0.25) is 0 Å². The maximum Gasteiger partial charge on any atom is 0.183 e. The number of hydrogen-bond donors (Lipinski definition) is 1. The summed E-state index contributed by atoms with van der Waals surface area (Å²) in [5.74, 6) is 0. The minimum atomic E-state index is 0.918. The molecular formula is C13H19N3S. The molecule has 0 saturated carbocycles. The van der Waals surface area contributed by atoms with Gasteiger partial charge in [-0.25, -0.2) is 4.98 Å². The summed E-state index contributed by atoms with van der Waals surface area (Å²) in [4.78, 5) is 4.61. The molecule has 0 aliphatic carbocycles. The molecular weight excluding hydrogens is 230 g/mol. The predicted molar refractivity (Wildman–Crippen MR) is 74.9 cm³/mol. The van der Waals surface area contributed by atoms with Crippen molar-refractivity contribution in [2.24, 2.45) is 0 Å². The van der Waals surface area contributed by atoms with Gasteiger partial charge in [0.05, 0.1) is 5.69 Å². The van der Waals surface area contributed by atoms with Gasteiger partial charge >= 0.3 is 0 Å². The molecule has 0 aromatic carbocycles. The van der Waals surface area contributed by atoms with Crippen molar-refractivity contribution in [3.63, 3.8) is 0 Å². The first-order valence-corrected chi connectivity index (χ1v) is 6.91. The Morgan fingerprint density at radius 1 is 1.35 bits per heavy atom. The maximum absolute atomic E-state index is 4.61. The number of nitrogens with one attached hydrogen (secondary N) is 1. The number of nitrogens with zero attached hydrogens (tertiary/aromatic N) is 2. The van der Waals surface area contributed by atoms with Gasteiger partial charge in [-0.3, -0.25) is 0 Å². The molecule has 0 atom stereocenters. The van der Waals surface area contributed by atoms with Gasteiger partial charge in [-0.05, 0) is 33.8 Å². The van der Waals surface area contributed by atoms with Gasteiger partial charge in [-0.15, -0.1) is 11.3 Å². The van der Waals surface area contributed by atoms with Crippen molar-refractivity contribution in [2.75, 3.05) is 11.9 Å². The molecule has 2 rings (SSSR count). The van der Waals surface area contributed by atoms with E-state index in [0.717, 1.165) is 23.9 Å². The van der Waals surface area contributed by atoms with Crippen molar-refractivity contribution >= 4 is 16.5 Å². The summed E-state index contributed by atoms with van der Waals surface area (Å²) in [6.07, 6.45) is 0. The van der Waals surface area contributed by atoms with Crippen molar-refractivity contribution in [3.8, 4) is 11.3 Å². The van der Waals surface area contributed by atoms with Crippen molar-refractivity contribution in [3.05, 3.63) is 22.8 Å². The third-order valence-electron chi connectivity index (χ3n) is 3.00. The number of thiazole rings is 1. The monoisotopic (exact) mass is 249 g/mol. The van der Waals surface area contributed by atoms with E-state index in [1.54, 1.807) is 11.3 Å². The van der Waals surface area contributed by atoms with E-state index in [1.165, 1.54) is 17.0 Å². The minimum absolute atomic E-state index is 0.918. The SMILES string of the molecule is CCNc1nc(-c2cc(C)n(CC)c2C)cs1. The quantitative estimate of drug-likeness (QED) is 0.895. The lowest BCUT2D eigenvalue weighted by atomic mass is 10.2. The molecule has 0 fully saturated rings. The Bertz CT molecular complexity index is 511. The molecule has 4 heteroatoms. The zero-order valence-electron chi connectivity index (χ0n) is 10.9. The molecule has 0 aliphatic heterocycles. The highest BCUT2D eigenvalue weighted by atomic mass is 32.1. The molecule has 2 aromatic heterocycles. The van der Waals surface area contributed by atoms with Crippen LogP contribution in [-0.4, -0.2) is 16.1 Å². The first-order chi connectivity index (χ1) is 8.17. The fourth-order valence-electron chi connectivity index (χ4n) is 2.18. The molecule has 0 spiro atoms.